The van der Waals surface area contributed by atoms with Gasteiger partial charge in [-0.3, -0.25) is 9.36 Å². The van der Waals surface area contributed by atoms with E-state index in [0.717, 1.165) is 60.1 Å². The van der Waals surface area contributed by atoms with Gasteiger partial charge in [0.05, 0.1) is 18.8 Å². The molecule has 2 N–H and O–H groups in total. The molecule has 1 unspecified atom stereocenters. The molecule has 10 heteroatoms. The highest BCUT2D eigenvalue weighted by atomic mass is 19.1. The van der Waals surface area contributed by atoms with E-state index in [0.29, 0.717) is 24.8 Å². The van der Waals surface area contributed by atoms with Gasteiger partial charge >= 0.3 is 0 Å². The molecular weight excluding hydrogens is 610 g/mol. The van der Waals surface area contributed by atoms with Gasteiger partial charge < -0.3 is 20.1 Å². The molecule has 3 aromatic carbocycles. The molecule has 1 aliphatic rings. The number of benzene rings is 3. The van der Waals surface area contributed by atoms with Crippen molar-refractivity contribution in [2.75, 3.05) is 25.5 Å². The number of nitrogens with one attached hydrogen (secondary N) is 2. The Labute approximate surface area is 271 Å². The van der Waals surface area contributed by atoms with Crippen molar-refractivity contribution in [2.24, 2.45) is 0 Å². The molecule has 1 saturated carbocycles. The first-order chi connectivity index (χ1) is 22.7. The van der Waals surface area contributed by atoms with Gasteiger partial charge in [-0.25, -0.2) is 17.6 Å². The van der Waals surface area contributed by atoms with Crippen LogP contribution in [0.4, 0.5) is 23.4 Å². The molecule has 1 heterocycles. The van der Waals surface area contributed by atoms with Crippen molar-refractivity contribution in [3.05, 3.63) is 142 Å². The Bertz CT molecular complexity index is 1780. The summed E-state index contributed by atoms with van der Waals surface area (Å²) < 4.78 is 71.7. The molecule has 0 bridgehead atoms. The molecule has 0 aliphatic heterocycles. The Morgan fingerprint density at radius 3 is 2.26 bits per heavy atom. The fourth-order valence-corrected chi connectivity index (χ4v) is 5.83. The third-order valence-corrected chi connectivity index (χ3v) is 8.14. The van der Waals surface area contributed by atoms with Crippen LogP contribution in [0.1, 0.15) is 54.8 Å². The lowest BCUT2D eigenvalue weighted by Gasteiger charge is -2.25. The highest BCUT2D eigenvalue weighted by Gasteiger charge is 2.24. The lowest BCUT2D eigenvalue weighted by atomic mass is 9.99. The van der Waals surface area contributed by atoms with E-state index in [2.05, 4.69) is 23.8 Å². The third kappa shape index (κ3) is 7.77. The second-order valence-corrected chi connectivity index (χ2v) is 11.3. The molecule has 4 aromatic rings. The lowest BCUT2D eigenvalue weighted by molar-refractivity contribution is 0.105. The van der Waals surface area contributed by atoms with Crippen LogP contribution in [-0.2, 0) is 4.74 Å². The maximum Gasteiger partial charge on any atom is 0.256 e. The fourth-order valence-electron chi connectivity index (χ4n) is 5.83. The van der Waals surface area contributed by atoms with Crippen LogP contribution in [0.2, 0.25) is 0 Å². The maximum atomic E-state index is 15.5. The van der Waals surface area contributed by atoms with Crippen molar-refractivity contribution >= 4 is 11.4 Å². The first kappa shape index (κ1) is 33.5. The molecule has 0 amide bonds. The summed E-state index contributed by atoms with van der Waals surface area (Å²) in [5.74, 6) is -3.17. The van der Waals surface area contributed by atoms with E-state index in [1.54, 1.807) is 0 Å². The predicted molar refractivity (Wildman–Crippen MR) is 176 cm³/mol. The van der Waals surface area contributed by atoms with Crippen LogP contribution in [-0.4, -0.2) is 30.9 Å². The van der Waals surface area contributed by atoms with Crippen molar-refractivity contribution in [3.63, 3.8) is 0 Å². The Kier molecular flexibility index (Phi) is 10.8. The normalized spacial score (nSPS) is 13.7. The second kappa shape index (κ2) is 15.2. The van der Waals surface area contributed by atoms with Gasteiger partial charge in [0.25, 0.3) is 5.56 Å². The molecule has 1 atom stereocenters. The SMILES string of the molecule is C=C(c1ccc(F)cc1F)c1ccc(=O)n(-c2c(F)cc(OCCCNC(C(=C)OC3CCCC3)c3ccccc3)cc2F)c1NC. The number of hydrogen-bond donors (Lipinski definition) is 2. The van der Waals surface area contributed by atoms with E-state index < -0.39 is 34.5 Å². The zero-order valence-corrected chi connectivity index (χ0v) is 26.1. The molecule has 0 radical (unpaired) electrons. The van der Waals surface area contributed by atoms with E-state index in [1.165, 1.54) is 19.2 Å². The predicted octanol–water partition coefficient (Wildman–Crippen LogP) is 8.07. The summed E-state index contributed by atoms with van der Waals surface area (Å²) in [4.78, 5) is 12.9. The standard InChI is InChI=1S/C37H37F4N3O3/c1-23(29-15-14-26(38)20-31(29)39)30-16-17-34(45)44(37(30)42-3)36-32(40)21-28(22-33(36)41)46-19-9-18-43-35(25-10-5-4-6-11-25)24(2)47-27-12-7-8-13-27/h4-6,10-11,14-17,20-22,27,35,42-43H,1-2,7-9,12-13,18-19H2,3H3. The van der Waals surface area contributed by atoms with Gasteiger partial charge in [-0.1, -0.05) is 43.5 Å². The molecule has 0 spiro atoms. The van der Waals surface area contributed by atoms with Gasteiger partial charge in [-0.2, -0.15) is 0 Å². The van der Waals surface area contributed by atoms with Crippen LogP contribution in [0.5, 0.6) is 5.75 Å². The smallest absolute Gasteiger partial charge is 0.256 e. The summed E-state index contributed by atoms with van der Waals surface area (Å²) in [7, 11) is 1.45. The maximum absolute atomic E-state index is 15.5. The minimum atomic E-state index is -1.04. The molecule has 5 rings (SSSR count). The van der Waals surface area contributed by atoms with E-state index >= 15 is 8.78 Å². The van der Waals surface area contributed by atoms with Crippen LogP contribution >= 0.6 is 0 Å². The topological polar surface area (TPSA) is 64.5 Å². The Morgan fingerprint density at radius 2 is 1.60 bits per heavy atom. The summed E-state index contributed by atoms with van der Waals surface area (Å²) >= 11 is 0. The highest BCUT2D eigenvalue weighted by Crippen LogP contribution is 2.33. The highest BCUT2D eigenvalue weighted by molar-refractivity contribution is 5.84. The first-order valence-electron chi connectivity index (χ1n) is 15.5. The average Bonchev–Trinajstić information content (AvgIpc) is 3.56. The number of aromatic nitrogens is 1. The lowest BCUT2D eigenvalue weighted by Crippen LogP contribution is -2.27. The van der Waals surface area contributed by atoms with Crippen molar-refractivity contribution in [3.8, 4) is 11.4 Å². The van der Waals surface area contributed by atoms with Gasteiger partial charge in [-0.05, 0) is 68.0 Å². The fraction of sp³-hybridized carbons (Fsp3) is 0.270. The zero-order valence-electron chi connectivity index (χ0n) is 26.1. The molecule has 6 nitrogen and oxygen atoms in total. The summed E-state index contributed by atoms with van der Waals surface area (Å²) in [5.41, 5.74) is -0.133. The van der Waals surface area contributed by atoms with Crippen LogP contribution in [0.25, 0.3) is 11.3 Å². The minimum absolute atomic E-state index is 0.0322. The molecule has 1 fully saturated rings. The Hall–Kier alpha value is -4.83. The Balaban J connectivity index is 1.28. The summed E-state index contributed by atoms with van der Waals surface area (Å²) in [6.07, 6.45) is 5.01. The van der Waals surface area contributed by atoms with Gasteiger partial charge in [0, 0.05) is 42.4 Å². The number of halogens is 4. The van der Waals surface area contributed by atoms with Crippen molar-refractivity contribution in [1.82, 2.24) is 9.88 Å². The number of pyridine rings is 1. The van der Waals surface area contributed by atoms with E-state index in [1.807, 2.05) is 30.3 Å². The van der Waals surface area contributed by atoms with E-state index in [4.69, 9.17) is 9.47 Å². The van der Waals surface area contributed by atoms with E-state index in [9.17, 15) is 13.6 Å². The molecule has 1 aliphatic carbocycles. The van der Waals surface area contributed by atoms with Crippen LogP contribution < -0.4 is 20.9 Å². The first-order valence-corrected chi connectivity index (χ1v) is 15.5. The number of ether oxygens (including phenoxy) is 2. The Morgan fingerprint density at radius 1 is 0.915 bits per heavy atom. The monoisotopic (exact) mass is 647 g/mol. The number of rotatable bonds is 14. The van der Waals surface area contributed by atoms with Gasteiger partial charge in [0.15, 0.2) is 11.6 Å². The van der Waals surface area contributed by atoms with Gasteiger partial charge in [0.2, 0.25) is 0 Å². The van der Waals surface area contributed by atoms with E-state index in [-0.39, 0.29) is 47.0 Å². The van der Waals surface area contributed by atoms with Gasteiger partial charge in [-0.15, -0.1) is 0 Å². The zero-order chi connectivity index (χ0) is 33.5. The summed E-state index contributed by atoms with van der Waals surface area (Å²) in [6, 6.07) is 17.1. The number of anilines is 1. The number of nitrogens with zero attached hydrogens (tertiary/aromatic N) is 1. The minimum Gasteiger partial charge on any atom is -0.493 e. The van der Waals surface area contributed by atoms with Gasteiger partial charge in [0.1, 0.15) is 34.6 Å². The third-order valence-electron chi connectivity index (χ3n) is 8.14. The molecule has 1 aromatic heterocycles. The van der Waals surface area contributed by atoms with Crippen molar-refractivity contribution in [1.29, 1.82) is 0 Å². The van der Waals surface area contributed by atoms with Crippen molar-refractivity contribution < 1.29 is 27.0 Å². The summed E-state index contributed by atoms with van der Waals surface area (Å²) in [6.45, 7) is 8.74. The molecular formula is C37H37F4N3O3. The molecule has 0 saturated heterocycles. The average molecular weight is 648 g/mol. The molecule has 246 valence electrons. The van der Waals surface area contributed by atoms with Crippen LogP contribution in [0.3, 0.4) is 0 Å². The van der Waals surface area contributed by atoms with Crippen LogP contribution in [0, 0.1) is 23.3 Å². The van der Waals surface area contributed by atoms with Crippen LogP contribution in [0.15, 0.2) is 96.5 Å². The quantitative estimate of drug-likeness (QED) is 0.0824. The summed E-state index contributed by atoms with van der Waals surface area (Å²) in [5, 5.41) is 6.22. The molecule has 47 heavy (non-hydrogen) atoms. The number of hydrogen-bond acceptors (Lipinski definition) is 5. The largest absolute Gasteiger partial charge is 0.493 e. The second-order valence-electron chi connectivity index (χ2n) is 11.3. The van der Waals surface area contributed by atoms with Crippen molar-refractivity contribution in [2.45, 2.75) is 44.2 Å².